The number of aryl methyl sites for hydroxylation is 1. The van der Waals surface area contributed by atoms with Gasteiger partial charge < -0.3 is 4.74 Å². The fraction of sp³-hybridized carbons (Fsp3) is 0.818. The number of ether oxygens (including phenoxy) is 1. The Morgan fingerprint density at radius 1 is 1.62 bits per heavy atom. The van der Waals surface area contributed by atoms with E-state index in [4.69, 9.17) is 4.74 Å². The summed E-state index contributed by atoms with van der Waals surface area (Å²) in [5, 5.41) is 9.15. The largest absolute Gasteiger partial charge is 0.370 e. The first-order chi connectivity index (χ1) is 7.59. The number of nitrogens with zero attached hydrogens (tertiary/aromatic N) is 3. The number of rotatable bonds is 4. The quantitative estimate of drug-likeness (QED) is 0.797. The summed E-state index contributed by atoms with van der Waals surface area (Å²) in [5.41, 5.74) is 1.07. The van der Waals surface area contributed by atoms with Crippen LogP contribution in [0.1, 0.15) is 32.4 Å². The van der Waals surface area contributed by atoms with Crippen molar-refractivity contribution in [1.29, 1.82) is 0 Å². The minimum absolute atomic E-state index is 0.0317. The fourth-order valence-electron chi connectivity index (χ4n) is 2.05. The summed E-state index contributed by atoms with van der Waals surface area (Å²) in [6.07, 6.45) is 5.46. The summed E-state index contributed by atoms with van der Waals surface area (Å²) in [4.78, 5) is 0. The zero-order valence-electron chi connectivity index (χ0n) is 9.82. The van der Waals surface area contributed by atoms with Gasteiger partial charge in [0.05, 0.1) is 23.9 Å². The molecule has 1 atom stereocenters. The predicted octanol–water partition coefficient (Wildman–Crippen LogP) is 2.17. The molecule has 4 nitrogen and oxygen atoms in total. The third-order valence-electron chi connectivity index (χ3n) is 2.88. The highest BCUT2D eigenvalue weighted by Gasteiger charge is 2.31. The number of alkyl halides is 1. The molecule has 5 heteroatoms. The molecule has 0 aromatic carbocycles. The normalized spacial score (nSPS) is 23.8. The first kappa shape index (κ1) is 12.0. The van der Waals surface area contributed by atoms with E-state index in [1.165, 1.54) is 0 Å². The molecule has 90 valence electrons. The van der Waals surface area contributed by atoms with E-state index in [1.807, 2.05) is 10.9 Å². The molecule has 1 fully saturated rings. The minimum Gasteiger partial charge on any atom is -0.370 e. The first-order valence-electron chi connectivity index (χ1n) is 5.72. The lowest BCUT2D eigenvalue weighted by Crippen LogP contribution is -2.23. The van der Waals surface area contributed by atoms with Crippen molar-refractivity contribution in [1.82, 2.24) is 15.0 Å². The van der Waals surface area contributed by atoms with Gasteiger partial charge in [0, 0.05) is 17.9 Å². The number of halogens is 1. The molecule has 1 aromatic heterocycles. The minimum atomic E-state index is 0.0317. The van der Waals surface area contributed by atoms with Crippen LogP contribution in [-0.4, -0.2) is 32.0 Å². The summed E-state index contributed by atoms with van der Waals surface area (Å²) in [6, 6.07) is 0. The monoisotopic (exact) mass is 287 g/mol. The van der Waals surface area contributed by atoms with Crippen molar-refractivity contribution >= 4 is 15.9 Å². The van der Waals surface area contributed by atoms with Gasteiger partial charge in [-0.3, -0.25) is 0 Å². The van der Waals surface area contributed by atoms with Crippen molar-refractivity contribution < 1.29 is 4.74 Å². The number of hydrogen-bond donors (Lipinski definition) is 0. The third-order valence-corrected chi connectivity index (χ3v) is 3.28. The number of aromatic nitrogens is 3. The lowest BCUT2D eigenvalue weighted by atomic mass is 10.1. The second kappa shape index (κ2) is 4.84. The molecule has 1 unspecified atom stereocenters. The van der Waals surface area contributed by atoms with Gasteiger partial charge in [-0.1, -0.05) is 21.1 Å². The van der Waals surface area contributed by atoms with Crippen LogP contribution in [0, 0.1) is 0 Å². The lowest BCUT2D eigenvalue weighted by Gasteiger charge is -2.18. The molecule has 16 heavy (non-hydrogen) atoms. The van der Waals surface area contributed by atoms with Crippen LogP contribution in [-0.2, 0) is 17.7 Å². The second-order valence-electron chi connectivity index (χ2n) is 4.91. The van der Waals surface area contributed by atoms with E-state index in [0.29, 0.717) is 0 Å². The molecule has 0 saturated carbocycles. The maximum Gasteiger partial charge on any atom is 0.0835 e. The van der Waals surface area contributed by atoms with E-state index in [1.54, 1.807) is 0 Å². The Balaban J connectivity index is 1.89. The molecule has 1 aromatic rings. The maximum absolute atomic E-state index is 5.92. The molecule has 0 bridgehead atoms. The molecular weight excluding hydrogens is 270 g/mol. The molecule has 0 aliphatic carbocycles. The van der Waals surface area contributed by atoms with Crippen molar-refractivity contribution in [2.24, 2.45) is 0 Å². The van der Waals surface area contributed by atoms with Crippen LogP contribution < -0.4 is 0 Å². The average Bonchev–Trinajstić information content (AvgIpc) is 2.75. The van der Waals surface area contributed by atoms with Crippen LogP contribution in [0.2, 0.25) is 0 Å². The van der Waals surface area contributed by atoms with E-state index in [0.717, 1.165) is 36.8 Å². The third kappa shape index (κ3) is 3.04. The van der Waals surface area contributed by atoms with Gasteiger partial charge in [0.15, 0.2) is 0 Å². The highest BCUT2D eigenvalue weighted by Crippen LogP contribution is 2.29. The van der Waals surface area contributed by atoms with E-state index in [2.05, 4.69) is 40.1 Å². The van der Waals surface area contributed by atoms with Crippen LogP contribution in [0.4, 0.5) is 0 Å². The van der Waals surface area contributed by atoms with Crippen LogP contribution in [0.5, 0.6) is 0 Å². The Labute approximate surface area is 104 Å². The Hall–Kier alpha value is -0.420. The van der Waals surface area contributed by atoms with Crippen molar-refractivity contribution in [3.05, 3.63) is 11.9 Å². The zero-order chi connectivity index (χ0) is 11.6. The van der Waals surface area contributed by atoms with E-state index in [-0.39, 0.29) is 11.7 Å². The molecule has 0 amide bonds. The Kier molecular flexibility index (Phi) is 3.64. The summed E-state index contributed by atoms with van der Waals surface area (Å²) in [7, 11) is 0. The van der Waals surface area contributed by atoms with E-state index >= 15 is 0 Å². The van der Waals surface area contributed by atoms with Crippen LogP contribution in [0.3, 0.4) is 0 Å². The van der Waals surface area contributed by atoms with Crippen molar-refractivity contribution in [3.63, 3.8) is 0 Å². The molecule has 0 spiro atoms. The molecule has 1 aliphatic heterocycles. The molecular formula is C11H18BrN3O. The van der Waals surface area contributed by atoms with E-state index in [9.17, 15) is 0 Å². The van der Waals surface area contributed by atoms with Gasteiger partial charge in [-0.25, -0.2) is 4.68 Å². The molecule has 1 saturated heterocycles. The van der Waals surface area contributed by atoms with Gasteiger partial charge in [0.1, 0.15) is 0 Å². The van der Waals surface area contributed by atoms with Gasteiger partial charge >= 0.3 is 0 Å². The van der Waals surface area contributed by atoms with E-state index < -0.39 is 0 Å². The molecule has 2 rings (SSSR count). The maximum atomic E-state index is 5.92. The molecule has 1 aliphatic rings. The Bertz CT molecular complexity index is 351. The van der Waals surface area contributed by atoms with Crippen molar-refractivity contribution in [2.75, 3.05) is 5.33 Å². The van der Waals surface area contributed by atoms with Crippen LogP contribution in [0.25, 0.3) is 0 Å². The Morgan fingerprint density at radius 2 is 2.44 bits per heavy atom. The van der Waals surface area contributed by atoms with Crippen LogP contribution in [0.15, 0.2) is 6.20 Å². The number of hydrogen-bond acceptors (Lipinski definition) is 3. The van der Waals surface area contributed by atoms with Gasteiger partial charge in [-0.2, -0.15) is 0 Å². The molecule has 0 radical (unpaired) electrons. The second-order valence-corrected chi connectivity index (χ2v) is 5.70. The fourth-order valence-corrected chi connectivity index (χ4v) is 2.46. The van der Waals surface area contributed by atoms with Crippen LogP contribution >= 0.6 is 15.9 Å². The highest BCUT2D eigenvalue weighted by molar-refractivity contribution is 9.09. The smallest absolute Gasteiger partial charge is 0.0835 e. The highest BCUT2D eigenvalue weighted by atomic mass is 79.9. The van der Waals surface area contributed by atoms with Crippen molar-refractivity contribution in [2.45, 2.75) is 51.4 Å². The Morgan fingerprint density at radius 3 is 3.06 bits per heavy atom. The SMILES string of the molecule is CC1(C)CCC(Cn2cc(CCBr)nn2)O1. The van der Waals surface area contributed by atoms with Gasteiger partial charge in [0.25, 0.3) is 0 Å². The topological polar surface area (TPSA) is 39.9 Å². The zero-order valence-corrected chi connectivity index (χ0v) is 11.4. The van der Waals surface area contributed by atoms with Gasteiger partial charge in [-0.05, 0) is 26.7 Å². The average molecular weight is 288 g/mol. The lowest BCUT2D eigenvalue weighted by molar-refractivity contribution is -0.0231. The van der Waals surface area contributed by atoms with Crippen molar-refractivity contribution in [3.8, 4) is 0 Å². The van der Waals surface area contributed by atoms with Gasteiger partial charge in [0.2, 0.25) is 0 Å². The standard InChI is InChI=1S/C11H18BrN3O/c1-11(2)5-3-10(16-11)8-15-7-9(4-6-12)13-14-15/h7,10H,3-6,8H2,1-2H3. The summed E-state index contributed by atoms with van der Waals surface area (Å²) in [6.45, 7) is 5.11. The van der Waals surface area contributed by atoms with Gasteiger partial charge in [-0.15, -0.1) is 5.10 Å². The summed E-state index contributed by atoms with van der Waals surface area (Å²) >= 11 is 3.40. The molecule has 0 N–H and O–H groups in total. The molecule has 2 heterocycles. The predicted molar refractivity (Wildman–Crippen MR) is 65.7 cm³/mol. The summed E-state index contributed by atoms with van der Waals surface area (Å²) in [5.74, 6) is 0. The first-order valence-corrected chi connectivity index (χ1v) is 6.84. The summed E-state index contributed by atoms with van der Waals surface area (Å²) < 4.78 is 7.82.